The highest BCUT2D eigenvalue weighted by Gasteiger charge is 2.15. The summed E-state index contributed by atoms with van der Waals surface area (Å²) in [5.41, 5.74) is 6.27. The Morgan fingerprint density at radius 2 is 2.13 bits per heavy atom. The highest BCUT2D eigenvalue weighted by molar-refractivity contribution is 6.33. The number of nitrogens with two attached hydrogens (primary N) is 1. The second kappa shape index (κ2) is 7.10. The van der Waals surface area contributed by atoms with Crippen molar-refractivity contribution < 1.29 is 9.13 Å². The van der Waals surface area contributed by atoms with Gasteiger partial charge in [0.15, 0.2) is 0 Å². The van der Waals surface area contributed by atoms with E-state index in [1.165, 1.54) is 18.3 Å². The molecule has 0 spiro atoms. The molecule has 0 amide bonds. The molecule has 1 fully saturated rings. The lowest BCUT2D eigenvalue weighted by atomic mass is 10.0. The SMILES string of the molecule is Nc1cc(-c2nc(NCC3CCOCC3)ccc2F)c(Cl)cn1. The summed E-state index contributed by atoms with van der Waals surface area (Å²) in [6.07, 6.45) is 3.44. The number of nitrogens with one attached hydrogen (secondary N) is 1. The second-order valence-electron chi connectivity index (χ2n) is 5.55. The Morgan fingerprint density at radius 1 is 1.35 bits per heavy atom. The van der Waals surface area contributed by atoms with Gasteiger partial charge in [-0.3, -0.25) is 0 Å². The number of rotatable bonds is 4. The monoisotopic (exact) mass is 336 g/mol. The van der Waals surface area contributed by atoms with E-state index in [0.29, 0.717) is 22.3 Å². The minimum Gasteiger partial charge on any atom is -0.384 e. The first-order valence-corrected chi connectivity index (χ1v) is 7.91. The molecule has 0 bridgehead atoms. The Morgan fingerprint density at radius 3 is 2.91 bits per heavy atom. The van der Waals surface area contributed by atoms with Crippen molar-refractivity contribution >= 4 is 23.2 Å². The molecular formula is C16H18ClFN4O. The molecule has 3 N–H and O–H groups in total. The Balaban J connectivity index is 1.80. The lowest BCUT2D eigenvalue weighted by molar-refractivity contribution is 0.0699. The number of hydrogen-bond donors (Lipinski definition) is 2. The molecular weight excluding hydrogens is 319 g/mol. The van der Waals surface area contributed by atoms with E-state index in [2.05, 4.69) is 15.3 Å². The fourth-order valence-electron chi connectivity index (χ4n) is 2.57. The molecule has 1 saturated heterocycles. The van der Waals surface area contributed by atoms with E-state index in [1.807, 2.05) is 0 Å². The van der Waals surface area contributed by atoms with Gasteiger partial charge in [0.1, 0.15) is 23.1 Å². The number of nitrogen functional groups attached to an aromatic ring is 1. The van der Waals surface area contributed by atoms with Crippen molar-refractivity contribution in [2.45, 2.75) is 12.8 Å². The van der Waals surface area contributed by atoms with Crippen LogP contribution in [0, 0.1) is 11.7 Å². The van der Waals surface area contributed by atoms with Crippen LogP contribution in [0.1, 0.15) is 12.8 Å². The van der Waals surface area contributed by atoms with Crippen molar-refractivity contribution in [1.29, 1.82) is 0 Å². The summed E-state index contributed by atoms with van der Waals surface area (Å²) in [5.74, 6) is 0.971. The molecule has 122 valence electrons. The van der Waals surface area contributed by atoms with Gasteiger partial charge in [0, 0.05) is 31.5 Å². The van der Waals surface area contributed by atoms with E-state index in [0.717, 1.165) is 32.6 Å². The molecule has 23 heavy (non-hydrogen) atoms. The standard InChI is InChI=1S/C16H18ClFN4O/c17-12-9-20-14(19)7-11(12)16-13(18)1-2-15(22-16)21-8-10-3-5-23-6-4-10/h1-2,7,9-10H,3-6,8H2,(H2,19,20)(H,21,22). The Bertz CT molecular complexity index is 692. The first-order valence-electron chi connectivity index (χ1n) is 7.53. The summed E-state index contributed by atoms with van der Waals surface area (Å²) in [4.78, 5) is 8.23. The molecule has 0 aliphatic carbocycles. The summed E-state index contributed by atoms with van der Waals surface area (Å²) in [5, 5.41) is 3.57. The van der Waals surface area contributed by atoms with Crippen LogP contribution in [0.25, 0.3) is 11.3 Å². The Labute approximate surface area is 139 Å². The van der Waals surface area contributed by atoms with Gasteiger partial charge in [0.25, 0.3) is 0 Å². The van der Waals surface area contributed by atoms with Gasteiger partial charge in [-0.1, -0.05) is 11.6 Å². The summed E-state index contributed by atoms with van der Waals surface area (Å²) in [6.45, 7) is 2.37. The van der Waals surface area contributed by atoms with Crippen LogP contribution in [0.3, 0.4) is 0 Å². The predicted molar refractivity (Wildman–Crippen MR) is 88.9 cm³/mol. The van der Waals surface area contributed by atoms with Gasteiger partial charge < -0.3 is 15.8 Å². The van der Waals surface area contributed by atoms with Crippen molar-refractivity contribution in [1.82, 2.24) is 9.97 Å². The highest BCUT2D eigenvalue weighted by Crippen LogP contribution is 2.30. The average Bonchev–Trinajstić information content (AvgIpc) is 2.57. The third kappa shape index (κ3) is 3.89. The summed E-state index contributed by atoms with van der Waals surface area (Å²) in [7, 11) is 0. The lowest BCUT2D eigenvalue weighted by Crippen LogP contribution is -2.23. The van der Waals surface area contributed by atoms with Crippen LogP contribution in [0.4, 0.5) is 16.0 Å². The normalized spacial score (nSPS) is 15.6. The van der Waals surface area contributed by atoms with E-state index in [1.54, 1.807) is 6.07 Å². The molecule has 7 heteroatoms. The first kappa shape index (κ1) is 16.0. The van der Waals surface area contributed by atoms with Crippen molar-refractivity contribution in [3.8, 4) is 11.3 Å². The topological polar surface area (TPSA) is 73.1 Å². The third-order valence-electron chi connectivity index (χ3n) is 3.89. The molecule has 0 saturated carbocycles. The zero-order valence-corrected chi connectivity index (χ0v) is 13.3. The maximum atomic E-state index is 14.1. The zero-order valence-electron chi connectivity index (χ0n) is 12.6. The van der Waals surface area contributed by atoms with Crippen molar-refractivity contribution in [2.75, 3.05) is 30.8 Å². The van der Waals surface area contributed by atoms with Crippen LogP contribution < -0.4 is 11.1 Å². The van der Waals surface area contributed by atoms with Crippen LogP contribution in [0.5, 0.6) is 0 Å². The second-order valence-corrected chi connectivity index (χ2v) is 5.96. The van der Waals surface area contributed by atoms with Gasteiger partial charge in [-0.25, -0.2) is 14.4 Å². The van der Waals surface area contributed by atoms with Gasteiger partial charge in [-0.05, 0) is 37.0 Å². The molecule has 2 aromatic rings. The van der Waals surface area contributed by atoms with Gasteiger partial charge in [-0.15, -0.1) is 0 Å². The van der Waals surface area contributed by atoms with Crippen molar-refractivity contribution in [3.05, 3.63) is 35.2 Å². The van der Waals surface area contributed by atoms with Crippen LogP contribution in [-0.4, -0.2) is 29.7 Å². The average molecular weight is 337 g/mol. The van der Waals surface area contributed by atoms with E-state index in [4.69, 9.17) is 22.1 Å². The number of aromatic nitrogens is 2. The molecule has 0 atom stereocenters. The number of hydrogen-bond acceptors (Lipinski definition) is 5. The molecule has 1 aliphatic heterocycles. The number of anilines is 2. The number of nitrogens with zero attached hydrogens (tertiary/aromatic N) is 2. The first-order chi connectivity index (χ1) is 11.1. The van der Waals surface area contributed by atoms with Gasteiger partial charge >= 0.3 is 0 Å². The van der Waals surface area contributed by atoms with Crippen LogP contribution in [-0.2, 0) is 4.74 Å². The largest absolute Gasteiger partial charge is 0.384 e. The maximum Gasteiger partial charge on any atom is 0.149 e. The number of ether oxygens (including phenoxy) is 1. The van der Waals surface area contributed by atoms with Gasteiger partial charge in [0.05, 0.1) is 5.02 Å². The lowest BCUT2D eigenvalue weighted by Gasteiger charge is -2.22. The molecule has 0 unspecified atom stereocenters. The molecule has 2 aromatic heterocycles. The van der Waals surface area contributed by atoms with E-state index >= 15 is 0 Å². The van der Waals surface area contributed by atoms with Gasteiger partial charge in [-0.2, -0.15) is 0 Å². The predicted octanol–water partition coefficient (Wildman–Crippen LogP) is 3.36. The van der Waals surface area contributed by atoms with E-state index in [-0.39, 0.29) is 11.5 Å². The molecule has 3 rings (SSSR count). The minimum absolute atomic E-state index is 0.168. The minimum atomic E-state index is -0.450. The Kier molecular flexibility index (Phi) is 4.93. The quantitative estimate of drug-likeness (QED) is 0.895. The van der Waals surface area contributed by atoms with Gasteiger partial charge in [0.2, 0.25) is 0 Å². The van der Waals surface area contributed by atoms with E-state index < -0.39 is 5.82 Å². The summed E-state index contributed by atoms with van der Waals surface area (Å²) in [6, 6.07) is 4.52. The summed E-state index contributed by atoms with van der Waals surface area (Å²) < 4.78 is 19.5. The maximum absolute atomic E-state index is 14.1. The third-order valence-corrected chi connectivity index (χ3v) is 4.19. The highest BCUT2D eigenvalue weighted by atomic mass is 35.5. The molecule has 5 nitrogen and oxygen atoms in total. The smallest absolute Gasteiger partial charge is 0.149 e. The molecule has 0 aromatic carbocycles. The van der Waals surface area contributed by atoms with Crippen LogP contribution in [0.2, 0.25) is 5.02 Å². The molecule has 0 radical (unpaired) electrons. The molecule has 1 aliphatic rings. The Hall–Kier alpha value is -1.92. The number of halogens is 2. The van der Waals surface area contributed by atoms with Crippen LogP contribution in [0.15, 0.2) is 24.4 Å². The van der Waals surface area contributed by atoms with Crippen molar-refractivity contribution in [3.63, 3.8) is 0 Å². The van der Waals surface area contributed by atoms with E-state index in [9.17, 15) is 4.39 Å². The fourth-order valence-corrected chi connectivity index (χ4v) is 2.76. The van der Waals surface area contributed by atoms with Crippen LogP contribution >= 0.6 is 11.6 Å². The number of pyridine rings is 2. The van der Waals surface area contributed by atoms with Crippen molar-refractivity contribution in [2.24, 2.45) is 5.92 Å². The fraction of sp³-hybridized carbons (Fsp3) is 0.375. The summed E-state index contributed by atoms with van der Waals surface area (Å²) >= 11 is 6.09. The zero-order chi connectivity index (χ0) is 16.2. The molecule has 3 heterocycles.